The summed E-state index contributed by atoms with van der Waals surface area (Å²) in [5.41, 5.74) is 0.827. The van der Waals surface area contributed by atoms with Crippen LogP contribution in [0.5, 0.6) is 0 Å². The van der Waals surface area contributed by atoms with Crippen LogP contribution < -0.4 is 15.1 Å². The number of hydrogen-bond acceptors (Lipinski definition) is 9. The summed E-state index contributed by atoms with van der Waals surface area (Å²) in [6.07, 6.45) is 1.81. The van der Waals surface area contributed by atoms with Gasteiger partial charge in [-0.15, -0.1) is 11.3 Å². The van der Waals surface area contributed by atoms with Crippen molar-refractivity contribution in [3.05, 3.63) is 40.7 Å². The fraction of sp³-hybridized carbons (Fsp3) is 0.409. The Morgan fingerprint density at radius 2 is 1.88 bits per heavy atom. The number of fused-ring (bicyclic) bond motifs is 1. The molecule has 0 atom stereocenters. The first-order valence-corrected chi connectivity index (χ1v) is 11.4. The molecule has 9 nitrogen and oxygen atoms in total. The summed E-state index contributed by atoms with van der Waals surface area (Å²) in [6, 6.07) is 5.93. The lowest BCUT2D eigenvalue weighted by molar-refractivity contribution is -0.141. The molecule has 32 heavy (non-hydrogen) atoms. The van der Waals surface area contributed by atoms with Crippen LogP contribution in [0.3, 0.4) is 0 Å². The van der Waals surface area contributed by atoms with Gasteiger partial charge in [0.15, 0.2) is 0 Å². The number of nitrogens with one attached hydrogen (secondary N) is 1. The first-order chi connectivity index (χ1) is 15.5. The zero-order valence-electron chi connectivity index (χ0n) is 18.4. The van der Waals surface area contributed by atoms with E-state index in [0.29, 0.717) is 10.7 Å². The number of rotatable bonds is 6. The molecule has 1 saturated heterocycles. The summed E-state index contributed by atoms with van der Waals surface area (Å²) >= 11 is 1.32. The second-order valence-electron chi connectivity index (χ2n) is 7.48. The van der Waals surface area contributed by atoms with Gasteiger partial charge >= 0.3 is 5.97 Å². The largest absolute Gasteiger partial charge is 0.465 e. The van der Waals surface area contributed by atoms with Crippen molar-refractivity contribution in [3.63, 3.8) is 0 Å². The Labute approximate surface area is 190 Å². The molecule has 1 aliphatic heterocycles. The van der Waals surface area contributed by atoms with E-state index in [4.69, 9.17) is 9.72 Å². The molecule has 168 valence electrons. The molecule has 0 radical (unpaired) electrons. The van der Waals surface area contributed by atoms with Gasteiger partial charge in [0.25, 0.3) is 5.91 Å². The Bertz CT molecular complexity index is 1130. The monoisotopic (exact) mass is 454 g/mol. The molecular weight excluding hydrogens is 428 g/mol. The van der Waals surface area contributed by atoms with E-state index in [1.165, 1.54) is 11.3 Å². The molecule has 0 bridgehead atoms. The van der Waals surface area contributed by atoms with Gasteiger partial charge in [0.1, 0.15) is 28.8 Å². The molecule has 1 amide bonds. The number of esters is 1. The Hall–Kier alpha value is -3.27. The fourth-order valence-electron chi connectivity index (χ4n) is 3.80. The lowest BCUT2D eigenvalue weighted by Gasteiger charge is -2.36. The number of nitrogens with zero attached hydrogens (tertiary/aromatic N) is 5. The van der Waals surface area contributed by atoms with Crippen LogP contribution in [0.1, 0.15) is 28.0 Å². The first-order valence-electron chi connectivity index (χ1n) is 10.6. The Balaban J connectivity index is 1.56. The van der Waals surface area contributed by atoms with Gasteiger partial charge < -0.3 is 19.9 Å². The van der Waals surface area contributed by atoms with Gasteiger partial charge in [0.05, 0.1) is 16.9 Å². The number of amides is 1. The molecule has 3 aromatic rings. The van der Waals surface area contributed by atoms with Crippen LogP contribution in [0.4, 0.5) is 11.6 Å². The van der Waals surface area contributed by atoms with Crippen molar-refractivity contribution in [2.75, 3.05) is 49.1 Å². The minimum atomic E-state index is -0.457. The number of ether oxygens (including phenoxy) is 1. The van der Waals surface area contributed by atoms with Crippen LogP contribution in [0.25, 0.3) is 10.2 Å². The summed E-state index contributed by atoms with van der Waals surface area (Å²) < 4.78 is 4.88. The lowest BCUT2D eigenvalue weighted by atomic mass is 10.1. The summed E-state index contributed by atoms with van der Waals surface area (Å²) in [5.74, 6) is 1.73. The highest BCUT2D eigenvalue weighted by Crippen LogP contribution is 2.36. The van der Waals surface area contributed by atoms with Crippen molar-refractivity contribution >= 4 is 45.1 Å². The summed E-state index contributed by atoms with van der Waals surface area (Å²) in [5, 5.41) is 3.54. The standard InChI is InChI=1S/C22H26N6O3S/c1-4-31-17(29)13-24-21(30)19-14(2)18-20(25-15(3)26-22(18)32-19)28-11-9-27(10-12-28)16-7-5-6-8-23-16/h5-8H,4,9-13H2,1-3H3,(H,24,30). The third-order valence-corrected chi connectivity index (χ3v) is 6.52. The Morgan fingerprint density at radius 3 is 2.56 bits per heavy atom. The topological polar surface area (TPSA) is 101 Å². The Morgan fingerprint density at radius 1 is 1.12 bits per heavy atom. The highest BCUT2D eigenvalue weighted by Gasteiger charge is 2.25. The van der Waals surface area contributed by atoms with Crippen LogP contribution in [-0.2, 0) is 9.53 Å². The van der Waals surface area contributed by atoms with Crippen molar-refractivity contribution in [1.82, 2.24) is 20.3 Å². The van der Waals surface area contributed by atoms with Crippen LogP contribution in [0.2, 0.25) is 0 Å². The molecule has 0 aliphatic carbocycles. The zero-order valence-corrected chi connectivity index (χ0v) is 19.2. The van der Waals surface area contributed by atoms with Crippen molar-refractivity contribution in [2.24, 2.45) is 0 Å². The summed E-state index contributed by atoms with van der Waals surface area (Å²) in [7, 11) is 0. The maximum absolute atomic E-state index is 12.7. The molecule has 0 saturated carbocycles. The molecule has 1 N–H and O–H groups in total. The highest BCUT2D eigenvalue weighted by atomic mass is 32.1. The van der Waals surface area contributed by atoms with Crippen molar-refractivity contribution < 1.29 is 14.3 Å². The average Bonchev–Trinajstić information content (AvgIpc) is 3.14. The second-order valence-corrected chi connectivity index (χ2v) is 8.48. The van der Waals surface area contributed by atoms with E-state index in [0.717, 1.165) is 53.6 Å². The van der Waals surface area contributed by atoms with Crippen LogP contribution >= 0.6 is 11.3 Å². The van der Waals surface area contributed by atoms with Crippen LogP contribution in [-0.4, -0.2) is 66.2 Å². The van der Waals surface area contributed by atoms with Gasteiger partial charge in [-0.05, 0) is 38.5 Å². The van der Waals surface area contributed by atoms with Crippen molar-refractivity contribution in [2.45, 2.75) is 20.8 Å². The predicted molar refractivity (Wildman–Crippen MR) is 125 cm³/mol. The van der Waals surface area contributed by atoms with Gasteiger partial charge in [-0.2, -0.15) is 0 Å². The maximum atomic E-state index is 12.7. The molecule has 0 unspecified atom stereocenters. The normalized spacial score (nSPS) is 14.0. The van der Waals surface area contributed by atoms with E-state index in [2.05, 4.69) is 25.1 Å². The number of aromatic nitrogens is 3. The second kappa shape index (κ2) is 9.47. The van der Waals surface area contributed by atoms with Gasteiger partial charge in [-0.25, -0.2) is 15.0 Å². The number of hydrogen-bond donors (Lipinski definition) is 1. The number of carbonyl (C=O) groups excluding carboxylic acids is 2. The number of pyridine rings is 1. The quantitative estimate of drug-likeness (QED) is 0.567. The molecule has 1 aliphatic rings. The van der Waals surface area contributed by atoms with Crippen molar-refractivity contribution in [1.29, 1.82) is 0 Å². The van der Waals surface area contributed by atoms with E-state index in [1.807, 2.05) is 38.2 Å². The van der Waals surface area contributed by atoms with Gasteiger partial charge in [0.2, 0.25) is 0 Å². The number of piperazine rings is 1. The summed E-state index contributed by atoms with van der Waals surface area (Å²) in [6.45, 7) is 8.87. The number of carbonyl (C=O) groups is 2. The minimum Gasteiger partial charge on any atom is -0.465 e. The molecule has 0 aromatic carbocycles. The molecule has 1 fully saturated rings. The van der Waals surface area contributed by atoms with Gasteiger partial charge in [0, 0.05) is 32.4 Å². The van der Waals surface area contributed by atoms with E-state index in [-0.39, 0.29) is 19.1 Å². The molecule has 10 heteroatoms. The van der Waals surface area contributed by atoms with Crippen LogP contribution in [0, 0.1) is 13.8 Å². The lowest BCUT2D eigenvalue weighted by Crippen LogP contribution is -2.47. The van der Waals surface area contributed by atoms with E-state index < -0.39 is 5.97 Å². The number of anilines is 2. The third kappa shape index (κ3) is 4.50. The highest BCUT2D eigenvalue weighted by molar-refractivity contribution is 7.20. The molecule has 4 heterocycles. The fourth-order valence-corrected chi connectivity index (χ4v) is 4.94. The smallest absolute Gasteiger partial charge is 0.325 e. The summed E-state index contributed by atoms with van der Waals surface area (Å²) in [4.78, 5) is 43.9. The van der Waals surface area contributed by atoms with Crippen molar-refractivity contribution in [3.8, 4) is 0 Å². The SMILES string of the molecule is CCOC(=O)CNC(=O)c1sc2nc(C)nc(N3CCN(c4ccccn4)CC3)c2c1C. The van der Waals surface area contributed by atoms with Crippen LogP contribution in [0.15, 0.2) is 24.4 Å². The Kier molecular flexibility index (Phi) is 6.50. The predicted octanol–water partition coefficient (Wildman–Crippen LogP) is 2.32. The third-order valence-electron chi connectivity index (χ3n) is 5.34. The molecular formula is C22H26N6O3S. The minimum absolute atomic E-state index is 0.159. The van der Waals surface area contributed by atoms with Gasteiger partial charge in [-0.3, -0.25) is 9.59 Å². The maximum Gasteiger partial charge on any atom is 0.325 e. The molecule has 0 spiro atoms. The molecule has 4 rings (SSSR count). The number of aryl methyl sites for hydroxylation is 2. The molecule has 3 aromatic heterocycles. The average molecular weight is 455 g/mol. The van der Waals surface area contributed by atoms with Gasteiger partial charge in [-0.1, -0.05) is 6.07 Å². The first kappa shape index (κ1) is 21.9. The van der Waals surface area contributed by atoms with E-state index in [1.54, 1.807) is 6.92 Å². The van der Waals surface area contributed by atoms with E-state index in [9.17, 15) is 9.59 Å². The zero-order chi connectivity index (χ0) is 22.7. The number of thiophene rings is 1. The van der Waals surface area contributed by atoms with E-state index >= 15 is 0 Å².